The molecule has 2 aromatic rings. The molecular formula is C16H17N3O2. The average molecular weight is 283 g/mol. The maximum atomic E-state index is 11.6. The summed E-state index contributed by atoms with van der Waals surface area (Å²) >= 11 is 0. The van der Waals surface area contributed by atoms with Crippen LogP contribution in [0.4, 0.5) is 5.82 Å². The number of fused-ring (bicyclic) bond motifs is 3. The van der Waals surface area contributed by atoms with Gasteiger partial charge in [0.2, 0.25) is 0 Å². The van der Waals surface area contributed by atoms with E-state index in [-0.39, 0.29) is 12.0 Å². The van der Waals surface area contributed by atoms with Crippen LogP contribution in [0.2, 0.25) is 0 Å². The Labute approximate surface area is 122 Å². The lowest BCUT2D eigenvalue weighted by Crippen LogP contribution is -2.39. The summed E-state index contributed by atoms with van der Waals surface area (Å²) in [6.07, 6.45) is 4.73. The molecule has 4 unspecified atom stereocenters. The molecule has 4 atom stereocenters. The highest BCUT2D eigenvalue weighted by atomic mass is 16.4. The van der Waals surface area contributed by atoms with Gasteiger partial charge in [-0.1, -0.05) is 12.1 Å². The lowest BCUT2D eigenvalue weighted by molar-refractivity contribution is -0.143. The Hall–Kier alpha value is -2.17. The van der Waals surface area contributed by atoms with Gasteiger partial charge < -0.3 is 10.4 Å². The molecule has 4 rings (SSSR count). The van der Waals surface area contributed by atoms with E-state index >= 15 is 0 Å². The number of rotatable bonds is 3. The van der Waals surface area contributed by atoms with Crippen LogP contribution in [0, 0.1) is 17.8 Å². The van der Waals surface area contributed by atoms with E-state index in [9.17, 15) is 9.90 Å². The molecule has 5 nitrogen and oxygen atoms in total. The smallest absolute Gasteiger partial charge is 0.308 e. The van der Waals surface area contributed by atoms with Crippen LogP contribution >= 0.6 is 0 Å². The van der Waals surface area contributed by atoms with Crippen molar-refractivity contribution < 1.29 is 9.90 Å². The summed E-state index contributed by atoms with van der Waals surface area (Å²) in [4.78, 5) is 20.2. The fourth-order valence-electron chi connectivity index (χ4n) is 4.13. The van der Waals surface area contributed by atoms with E-state index in [0.717, 1.165) is 36.0 Å². The Morgan fingerprint density at radius 1 is 1.19 bits per heavy atom. The van der Waals surface area contributed by atoms with Crippen LogP contribution in [-0.4, -0.2) is 27.1 Å². The van der Waals surface area contributed by atoms with E-state index in [0.29, 0.717) is 11.8 Å². The molecule has 2 N–H and O–H groups in total. The Kier molecular flexibility index (Phi) is 2.80. The number of nitrogens with zero attached hydrogens (tertiary/aromatic N) is 2. The van der Waals surface area contributed by atoms with E-state index in [1.54, 1.807) is 0 Å². The van der Waals surface area contributed by atoms with Crippen molar-refractivity contribution in [2.45, 2.75) is 25.3 Å². The number of carboxylic acids is 1. The number of nitrogens with one attached hydrogen (secondary N) is 1. The zero-order chi connectivity index (χ0) is 14.4. The zero-order valence-corrected chi connectivity index (χ0v) is 11.6. The van der Waals surface area contributed by atoms with Crippen LogP contribution in [-0.2, 0) is 4.79 Å². The maximum Gasteiger partial charge on any atom is 0.308 e. The van der Waals surface area contributed by atoms with E-state index in [4.69, 9.17) is 0 Å². The van der Waals surface area contributed by atoms with Crippen LogP contribution in [0.3, 0.4) is 0 Å². The fourth-order valence-corrected chi connectivity index (χ4v) is 4.13. The van der Waals surface area contributed by atoms with E-state index in [1.165, 1.54) is 6.33 Å². The summed E-state index contributed by atoms with van der Waals surface area (Å²) in [5.41, 5.74) is 0.880. The molecule has 2 fully saturated rings. The van der Waals surface area contributed by atoms with Gasteiger partial charge >= 0.3 is 5.97 Å². The first-order chi connectivity index (χ1) is 10.2. The minimum Gasteiger partial charge on any atom is -0.481 e. The molecule has 0 radical (unpaired) electrons. The SMILES string of the molecule is O=C(O)C1C2CCC(C2)C1Nc1ncnc2ccccc12. The van der Waals surface area contributed by atoms with Gasteiger partial charge in [-0.2, -0.15) is 0 Å². The third kappa shape index (κ3) is 1.95. The zero-order valence-electron chi connectivity index (χ0n) is 11.6. The highest BCUT2D eigenvalue weighted by Crippen LogP contribution is 2.49. The molecule has 1 heterocycles. The molecule has 1 aromatic heterocycles. The lowest BCUT2D eigenvalue weighted by atomic mass is 9.84. The third-order valence-corrected chi connectivity index (χ3v) is 5.05. The summed E-state index contributed by atoms with van der Waals surface area (Å²) in [6, 6.07) is 7.79. The van der Waals surface area contributed by atoms with Gasteiger partial charge in [-0.05, 0) is 43.2 Å². The summed E-state index contributed by atoms with van der Waals surface area (Å²) in [5, 5.41) is 13.9. The van der Waals surface area contributed by atoms with Crippen molar-refractivity contribution in [1.82, 2.24) is 9.97 Å². The highest BCUT2D eigenvalue weighted by molar-refractivity contribution is 5.89. The number of para-hydroxylation sites is 1. The predicted molar refractivity (Wildman–Crippen MR) is 78.9 cm³/mol. The summed E-state index contributed by atoms with van der Waals surface area (Å²) in [5.74, 6) is 0.544. The van der Waals surface area contributed by atoms with Crippen LogP contribution < -0.4 is 5.32 Å². The minimum absolute atomic E-state index is 0.0143. The van der Waals surface area contributed by atoms with E-state index in [2.05, 4.69) is 15.3 Å². The number of carbonyl (C=O) groups is 1. The van der Waals surface area contributed by atoms with E-state index < -0.39 is 5.97 Å². The number of aliphatic carboxylic acids is 1. The number of benzene rings is 1. The van der Waals surface area contributed by atoms with Gasteiger partial charge in [-0.15, -0.1) is 0 Å². The van der Waals surface area contributed by atoms with Gasteiger partial charge in [0.15, 0.2) is 0 Å². The first-order valence-electron chi connectivity index (χ1n) is 7.43. The van der Waals surface area contributed by atoms with Crippen molar-refractivity contribution in [2.75, 3.05) is 5.32 Å². The van der Waals surface area contributed by atoms with Crippen LogP contribution in [0.25, 0.3) is 10.9 Å². The van der Waals surface area contributed by atoms with Crippen LogP contribution in [0.15, 0.2) is 30.6 Å². The van der Waals surface area contributed by atoms with E-state index in [1.807, 2.05) is 24.3 Å². The van der Waals surface area contributed by atoms with Crippen LogP contribution in [0.5, 0.6) is 0 Å². The third-order valence-electron chi connectivity index (χ3n) is 5.05. The molecule has 5 heteroatoms. The Balaban J connectivity index is 1.69. The van der Waals surface area contributed by atoms with Gasteiger partial charge in [0, 0.05) is 11.4 Å². The maximum absolute atomic E-state index is 11.6. The number of carboxylic acid groups (broad SMARTS) is 1. The number of aromatic nitrogens is 2. The molecule has 2 saturated carbocycles. The first-order valence-corrected chi connectivity index (χ1v) is 7.43. The van der Waals surface area contributed by atoms with Crippen molar-refractivity contribution in [2.24, 2.45) is 17.8 Å². The quantitative estimate of drug-likeness (QED) is 0.905. The second-order valence-electron chi connectivity index (χ2n) is 6.11. The Morgan fingerprint density at radius 3 is 2.86 bits per heavy atom. The van der Waals surface area contributed by atoms with Crippen molar-refractivity contribution in [3.63, 3.8) is 0 Å². The predicted octanol–water partition coefficient (Wildman–Crippen LogP) is 2.54. The summed E-state index contributed by atoms with van der Waals surface area (Å²) in [7, 11) is 0. The summed E-state index contributed by atoms with van der Waals surface area (Å²) < 4.78 is 0. The van der Waals surface area contributed by atoms with Crippen LogP contribution in [0.1, 0.15) is 19.3 Å². The monoisotopic (exact) mass is 283 g/mol. The topological polar surface area (TPSA) is 75.1 Å². The molecular weight excluding hydrogens is 266 g/mol. The highest BCUT2D eigenvalue weighted by Gasteiger charge is 2.51. The van der Waals surface area contributed by atoms with Crippen molar-refractivity contribution in [3.8, 4) is 0 Å². The molecule has 2 aliphatic carbocycles. The van der Waals surface area contributed by atoms with Gasteiger partial charge in [-0.25, -0.2) is 9.97 Å². The average Bonchev–Trinajstić information content (AvgIpc) is 3.08. The molecule has 0 aliphatic heterocycles. The number of hydrogen-bond acceptors (Lipinski definition) is 4. The molecule has 2 bridgehead atoms. The standard InChI is InChI=1S/C16H17N3O2/c20-16(21)13-9-5-6-10(7-9)14(13)19-15-11-3-1-2-4-12(11)17-8-18-15/h1-4,8-10,13-14H,5-7H2,(H,20,21)(H,17,18,19). The fraction of sp³-hybridized carbons (Fsp3) is 0.438. The summed E-state index contributed by atoms with van der Waals surface area (Å²) in [6.45, 7) is 0. The van der Waals surface area contributed by atoms with Crippen molar-refractivity contribution in [3.05, 3.63) is 30.6 Å². The second-order valence-corrected chi connectivity index (χ2v) is 6.11. The van der Waals surface area contributed by atoms with Gasteiger partial charge in [0.25, 0.3) is 0 Å². The lowest BCUT2D eigenvalue weighted by Gasteiger charge is -2.29. The van der Waals surface area contributed by atoms with Gasteiger partial charge in [0.05, 0.1) is 11.4 Å². The minimum atomic E-state index is -0.682. The number of anilines is 1. The molecule has 21 heavy (non-hydrogen) atoms. The molecule has 1 aromatic carbocycles. The Morgan fingerprint density at radius 2 is 2.00 bits per heavy atom. The molecule has 0 amide bonds. The number of hydrogen-bond donors (Lipinski definition) is 2. The molecule has 0 saturated heterocycles. The van der Waals surface area contributed by atoms with Gasteiger partial charge in [-0.3, -0.25) is 4.79 Å². The first kappa shape index (κ1) is 12.6. The molecule has 2 aliphatic rings. The van der Waals surface area contributed by atoms with Crippen molar-refractivity contribution in [1.29, 1.82) is 0 Å². The Bertz CT molecular complexity index is 697. The van der Waals surface area contributed by atoms with Crippen molar-refractivity contribution >= 4 is 22.7 Å². The largest absolute Gasteiger partial charge is 0.481 e. The van der Waals surface area contributed by atoms with Gasteiger partial charge in [0.1, 0.15) is 12.1 Å². The molecule has 0 spiro atoms. The second kappa shape index (κ2) is 4.69. The normalized spacial score (nSPS) is 30.7. The molecule has 108 valence electrons.